The Hall–Kier alpha value is -0.630. The van der Waals surface area contributed by atoms with Crippen LogP contribution in [0.25, 0.3) is 0 Å². The number of ketones is 1. The van der Waals surface area contributed by atoms with Crippen molar-refractivity contribution < 1.29 is 4.79 Å². The van der Waals surface area contributed by atoms with E-state index in [9.17, 15) is 4.79 Å². The Bertz CT molecular complexity index is 382. The van der Waals surface area contributed by atoms with E-state index in [1.165, 1.54) is 29.5 Å². The molecule has 0 N–H and O–H groups in total. The topological polar surface area (TPSA) is 17.1 Å². The van der Waals surface area contributed by atoms with Gasteiger partial charge < -0.3 is 0 Å². The molecule has 1 aliphatic rings. The van der Waals surface area contributed by atoms with Gasteiger partial charge in [-0.05, 0) is 55.0 Å². The summed E-state index contributed by atoms with van der Waals surface area (Å²) in [5, 5.41) is 0. The molecule has 0 heterocycles. The van der Waals surface area contributed by atoms with Crippen LogP contribution in [-0.4, -0.2) is 5.78 Å². The Kier molecular flexibility index (Phi) is 2.73. The highest BCUT2D eigenvalue weighted by molar-refractivity contribution is 9.10. The molecular formula is C12H13BrO. The molecule has 0 unspecified atom stereocenters. The Morgan fingerprint density at radius 1 is 1.43 bits per heavy atom. The maximum Gasteiger partial charge on any atom is 0.134 e. The summed E-state index contributed by atoms with van der Waals surface area (Å²) in [5.41, 5.74) is 4.07. The molecule has 0 saturated heterocycles. The monoisotopic (exact) mass is 252 g/mol. The largest absolute Gasteiger partial charge is 0.300 e. The average molecular weight is 253 g/mol. The van der Waals surface area contributed by atoms with Crippen LogP contribution in [-0.2, 0) is 24.1 Å². The molecule has 0 radical (unpaired) electrons. The standard InChI is InChI=1S/C12H13BrO/c1-8(14)5-10-7-11(13)6-9-3-2-4-12(9)10/h6-7H,2-5H2,1H3. The van der Waals surface area contributed by atoms with Gasteiger partial charge in [-0.2, -0.15) is 0 Å². The molecule has 1 aromatic rings. The minimum atomic E-state index is 0.247. The van der Waals surface area contributed by atoms with Crippen LogP contribution >= 0.6 is 15.9 Å². The molecular weight excluding hydrogens is 240 g/mol. The molecule has 0 aromatic heterocycles. The molecule has 0 fully saturated rings. The molecule has 2 heteroatoms. The predicted octanol–water partition coefficient (Wildman–Crippen LogP) is 3.07. The molecule has 0 spiro atoms. The number of aryl methyl sites for hydroxylation is 1. The van der Waals surface area contributed by atoms with Crippen molar-refractivity contribution in [3.05, 3.63) is 33.3 Å². The molecule has 0 bridgehead atoms. The van der Waals surface area contributed by atoms with E-state index in [0.717, 1.165) is 10.9 Å². The van der Waals surface area contributed by atoms with E-state index in [1.807, 2.05) is 0 Å². The van der Waals surface area contributed by atoms with E-state index < -0.39 is 0 Å². The van der Waals surface area contributed by atoms with Crippen LogP contribution in [0.3, 0.4) is 0 Å². The van der Waals surface area contributed by atoms with Crippen molar-refractivity contribution in [3.8, 4) is 0 Å². The minimum Gasteiger partial charge on any atom is -0.300 e. The van der Waals surface area contributed by atoms with Crippen molar-refractivity contribution in [2.24, 2.45) is 0 Å². The number of halogens is 1. The number of hydrogen-bond acceptors (Lipinski definition) is 1. The lowest BCUT2D eigenvalue weighted by Gasteiger charge is -2.07. The van der Waals surface area contributed by atoms with Crippen LogP contribution < -0.4 is 0 Å². The summed E-state index contributed by atoms with van der Waals surface area (Å²) >= 11 is 3.49. The van der Waals surface area contributed by atoms with Gasteiger partial charge in [-0.1, -0.05) is 15.9 Å². The Balaban J connectivity index is 2.43. The summed E-state index contributed by atoms with van der Waals surface area (Å²) in [5.74, 6) is 0.247. The maximum atomic E-state index is 11.1. The highest BCUT2D eigenvalue weighted by atomic mass is 79.9. The second kappa shape index (κ2) is 3.85. The third-order valence-electron chi connectivity index (χ3n) is 2.71. The smallest absolute Gasteiger partial charge is 0.134 e. The number of fused-ring (bicyclic) bond motifs is 1. The number of benzene rings is 1. The average Bonchev–Trinajstić information content (AvgIpc) is 2.50. The van der Waals surface area contributed by atoms with Gasteiger partial charge in [-0.15, -0.1) is 0 Å². The van der Waals surface area contributed by atoms with E-state index in [2.05, 4.69) is 28.1 Å². The highest BCUT2D eigenvalue weighted by Crippen LogP contribution is 2.29. The molecule has 1 aromatic carbocycles. The molecule has 74 valence electrons. The lowest BCUT2D eigenvalue weighted by Crippen LogP contribution is -2.01. The summed E-state index contributed by atoms with van der Waals surface area (Å²) in [7, 11) is 0. The quantitative estimate of drug-likeness (QED) is 0.791. The summed E-state index contributed by atoms with van der Waals surface area (Å²) in [4.78, 5) is 11.1. The summed E-state index contributed by atoms with van der Waals surface area (Å²) in [6.07, 6.45) is 4.13. The zero-order valence-electron chi connectivity index (χ0n) is 8.27. The third-order valence-corrected chi connectivity index (χ3v) is 3.17. The zero-order valence-corrected chi connectivity index (χ0v) is 9.86. The number of rotatable bonds is 2. The van der Waals surface area contributed by atoms with Gasteiger partial charge in [0.05, 0.1) is 0 Å². The Morgan fingerprint density at radius 3 is 2.93 bits per heavy atom. The number of Topliss-reactive ketones (excluding diaryl/α,β-unsaturated/α-hetero) is 1. The van der Waals surface area contributed by atoms with Gasteiger partial charge in [0.15, 0.2) is 0 Å². The first-order valence-corrected chi connectivity index (χ1v) is 5.76. The molecule has 2 rings (SSSR count). The van der Waals surface area contributed by atoms with E-state index in [0.29, 0.717) is 6.42 Å². The van der Waals surface area contributed by atoms with E-state index in [4.69, 9.17) is 0 Å². The molecule has 0 aliphatic heterocycles. The summed E-state index contributed by atoms with van der Waals surface area (Å²) in [6.45, 7) is 1.66. The fourth-order valence-corrected chi connectivity index (χ4v) is 2.73. The van der Waals surface area contributed by atoms with Gasteiger partial charge in [0.2, 0.25) is 0 Å². The van der Waals surface area contributed by atoms with Crippen molar-refractivity contribution in [2.75, 3.05) is 0 Å². The minimum absolute atomic E-state index is 0.247. The Morgan fingerprint density at radius 2 is 2.21 bits per heavy atom. The Labute approximate surface area is 92.6 Å². The van der Waals surface area contributed by atoms with Crippen LogP contribution in [0, 0.1) is 0 Å². The lowest BCUT2D eigenvalue weighted by molar-refractivity contribution is -0.116. The van der Waals surface area contributed by atoms with E-state index >= 15 is 0 Å². The third kappa shape index (κ3) is 1.90. The lowest BCUT2D eigenvalue weighted by atomic mass is 9.99. The number of carbonyl (C=O) groups excluding carboxylic acids is 1. The van der Waals surface area contributed by atoms with Gasteiger partial charge >= 0.3 is 0 Å². The van der Waals surface area contributed by atoms with Crippen LogP contribution in [0.4, 0.5) is 0 Å². The van der Waals surface area contributed by atoms with Crippen molar-refractivity contribution in [1.82, 2.24) is 0 Å². The first-order chi connectivity index (χ1) is 6.66. The first-order valence-electron chi connectivity index (χ1n) is 4.96. The van der Waals surface area contributed by atoms with Crippen LogP contribution in [0.1, 0.15) is 30.0 Å². The van der Waals surface area contributed by atoms with E-state index in [-0.39, 0.29) is 5.78 Å². The fraction of sp³-hybridized carbons (Fsp3) is 0.417. The second-order valence-electron chi connectivity index (χ2n) is 3.93. The zero-order chi connectivity index (χ0) is 10.1. The van der Waals surface area contributed by atoms with Gasteiger partial charge in [0.25, 0.3) is 0 Å². The molecule has 0 saturated carbocycles. The highest BCUT2D eigenvalue weighted by Gasteiger charge is 2.16. The SMILES string of the molecule is CC(=O)Cc1cc(Br)cc2c1CCC2. The molecule has 1 nitrogen and oxygen atoms in total. The van der Waals surface area contributed by atoms with Crippen molar-refractivity contribution in [2.45, 2.75) is 32.6 Å². The number of carbonyl (C=O) groups is 1. The van der Waals surface area contributed by atoms with Gasteiger partial charge in [-0.25, -0.2) is 0 Å². The molecule has 1 aliphatic carbocycles. The summed E-state index contributed by atoms with van der Waals surface area (Å²) < 4.78 is 1.11. The maximum absolute atomic E-state index is 11.1. The van der Waals surface area contributed by atoms with Crippen molar-refractivity contribution >= 4 is 21.7 Å². The molecule has 0 atom stereocenters. The van der Waals surface area contributed by atoms with E-state index in [1.54, 1.807) is 6.92 Å². The van der Waals surface area contributed by atoms with Gasteiger partial charge in [-0.3, -0.25) is 4.79 Å². The molecule has 0 amide bonds. The van der Waals surface area contributed by atoms with Crippen molar-refractivity contribution in [1.29, 1.82) is 0 Å². The van der Waals surface area contributed by atoms with Gasteiger partial charge in [0.1, 0.15) is 5.78 Å². The van der Waals surface area contributed by atoms with Crippen LogP contribution in [0.5, 0.6) is 0 Å². The first kappa shape index (κ1) is 9.91. The van der Waals surface area contributed by atoms with Gasteiger partial charge in [0, 0.05) is 10.9 Å². The van der Waals surface area contributed by atoms with Crippen molar-refractivity contribution in [3.63, 3.8) is 0 Å². The van der Waals surface area contributed by atoms with Crippen LogP contribution in [0.2, 0.25) is 0 Å². The van der Waals surface area contributed by atoms with Crippen LogP contribution in [0.15, 0.2) is 16.6 Å². The molecule has 14 heavy (non-hydrogen) atoms. The summed E-state index contributed by atoms with van der Waals surface area (Å²) in [6, 6.07) is 4.28. The second-order valence-corrected chi connectivity index (χ2v) is 4.85. The fourth-order valence-electron chi connectivity index (χ4n) is 2.18. The predicted molar refractivity (Wildman–Crippen MR) is 60.6 cm³/mol. The normalized spacial score (nSPS) is 14.1. The number of hydrogen-bond donors (Lipinski definition) is 0.